The first kappa shape index (κ1) is 13.9. The Morgan fingerprint density at radius 2 is 2.00 bits per heavy atom. The Hall–Kier alpha value is -2.56. The van der Waals surface area contributed by atoms with E-state index in [-0.39, 0.29) is 11.7 Å². The van der Waals surface area contributed by atoms with Gasteiger partial charge in [-0.25, -0.2) is 4.39 Å². The Morgan fingerprint density at radius 1 is 1.25 bits per heavy atom. The van der Waals surface area contributed by atoms with E-state index in [1.165, 1.54) is 6.07 Å². The zero-order valence-corrected chi connectivity index (χ0v) is 11.3. The smallest absolute Gasteiger partial charge is 0.251 e. The Bertz CT molecular complexity index is 635. The zero-order chi connectivity index (χ0) is 14.7. The average molecular weight is 273 g/mol. The Balaban J connectivity index is 2.33. The second-order valence-corrected chi connectivity index (χ2v) is 4.44. The average Bonchev–Trinajstić information content (AvgIpc) is 2.43. The molecule has 0 unspecified atom stereocenters. The van der Waals surface area contributed by atoms with Crippen molar-refractivity contribution in [3.8, 4) is 0 Å². The molecule has 0 aliphatic carbocycles. The van der Waals surface area contributed by atoms with Crippen molar-refractivity contribution in [2.75, 3.05) is 18.1 Å². The van der Waals surface area contributed by atoms with Crippen LogP contribution in [0.25, 0.3) is 0 Å². The zero-order valence-electron chi connectivity index (χ0n) is 11.3. The number of aryl methyl sites for hydroxylation is 1. The van der Waals surface area contributed by atoms with Crippen molar-refractivity contribution in [1.29, 1.82) is 0 Å². The van der Waals surface area contributed by atoms with Crippen molar-refractivity contribution in [2.24, 2.45) is 0 Å². The molecule has 0 spiro atoms. The molecule has 104 valence electrons. The number of nitrogen functional groups attached to an aromatic ring is 1. The van der Waals surface area contributed by atoms with E-state index in [0.29, 0.717) is 22.6 Å². The van der Waals surface area contributed by atoms with Gasteiger partial charge in [-0.15, -0.1) is 0 Å². The molecular weight excluding hydrogens is 257 g/mol. The van der Waals surface area contributed by atoms with Crippen LogP contribution < -0.4 is 16.4 Å². The van der Waals surface area contributed by atoms with E-state index in [1.807, 2.05) is 0 Å². The number of anilines is 3. The number of hydrogen-bond acceptors (Lipinski definition) is 3. The molecule has 0 bridgehead atoms. The molecule has 0 radical (unpaired) electrons. The fourth-order valence-electron chi connectivity index (χ4n) is 1.89. The van der Waals surface area contributed by atoms with Crippen LogP contribution in [0.4, 0.5) is 21.5 Å². The van der Waals surface area contributed by atoms with Crippen LogP contribution in [0.3, 0.4) is 0 Å². The summed E-state index contributed by atoms with van der Waals surface area (Å²) in [4.78, 5) is 11.5. The van der Waals surface area contributed by atoms with Gasteiger partial charge in [0.05, 0.1) is 17.1 Å². The maximum Gasteiger partial charge on any atom is 0.251 e. The molecule has 0 heterocycles. The SMILES string of the molecule is CNC(=O)c1ccc(Nc2c(C)cccc2F)c(N)c1. The lowest BCUT2D eigenvalue weighted by atomic mass is 10.1. The van der Waals surface area contributed by atoms with Gasteiger partial charge in [0.1, 0.15) is 5.82 Å². The Labute approximate surface area is 116 Å². The standard InChI is InChI=1S/C15H16FN3O/c1-9-4-3-5-11(16)14(9)19-13-7-6-10(8-12(13)17)15(20)18-2/h3-8,19H,17H2,1-2H3,(H,18,20). The van der Waals surface area contributed by atoms with Crippen LogP contribution >= 0.6 is 0 Å². The molecule has 2 aromatic carbocycles. The summed E-state index contributed by atoms with van der Waals surface area (Å²) in [6, 6.07) is 9.68. The molecule has 2 rings (SSSR count). The number of rotatable bonds is 3. The first-order valence-electron chi connectivity index (χ1n) is 6.16. The lowest BCUT2D eigenvalue weighted by molar-refractivity contribution is 0.0963. The number of para-hydroxylation sites is 1. The van der Waals surface area contributed by atoms with Gasteiger partial charge in [0.25, 0.3) is 5.91 Å². The van der Waals surface area contributed by atoms with Gasteiger partial charge in [-0.1, -0.05) is 12.1 Å². The third-order valence-corrected chi connectivity index (χ3v) is 3.02. The van der Waals surface area contributed by atoms with Gasteiger partial charge in [-0.2, -0.15) is 0 Å². The van der Waals surface area contributed by atoms with Crippen molar-refractivity contribution in [3.05, 3.63) is 53.3 Å². The molecular formula is C15H16FN3O. The van der Waals surface area contributed by atoms with Crippen molar-refractivity contribution < 1.29 is 9.18 Å². The van der Waals surface area contributed by atoms with Gasteiger partial charge >= 0.3 is 0 Å². The van der Waals surface area contributed by atoms with Crippen molar-refractivity contribution in [2.45, 2.75) is 6.92 Å². The van der Waals surface area contributed by atoms with E-state index in [4.69, 9.17) is 5.73 Å². The maximum absolute atomic E-state index is 13.8. The van der Waals surface area contributed by atoms with Crippen LogP contribution in [-0.2, 0) is 0 Å². The largest absolute Gasteiger partial charge is 0.397 e. The van der Waals surface area contributed by atoms with Crippen LogP contribution in [0, 0.1) is 12.7 Å². The predicted molar refractivity (Wildman–Crippen MR) is 78.7 cm³/mol. The summed E-state index contributed by atoms with van der Waals surface area (Å²) in [6.07, 6.45) is 0. The third kappa shape index (κ3) is 2.71. The molecule has 0 fully saturated rings. The van der Waals surface area contributed by atoms with Gasteiger partial charge in [0.15, 0.2) is 0 Å². The van der Waals surface area contributed by atoms with Crippen molar-refractivity contribution >= 4 is 23.0 Å². The molecule has 0 atom stereocenters. The minimum absolute atomic E-state index is 0.217. The third-order valence-electron chi connectivity index (χ3n) is 3.02. The number of carbonyl (C=O) groups excluding carboxylic acids is 1. The monoisotopic (exact) mass is 273 g/mol. The summed E-state index contributed by atoms with van der Waals surface area (Å²) in [7, 11) is 1.55. The highest BCUT2D eigenvalue weighted by Gasteiger charge is 2.10. The molecule has 0 aliphatic rings. The van der Waals surface area contributed by atoms with Crippen LogP contribution in [-0.4, -0.2) is 13.0 Å². The van der Waals surface area contributed by atoms with Gasteiger partial charge in [-0.05, 0) is 36.8 Å². The number of nitrogens with two attached hydrogens (primary N) is 1. The molecule has 4 N–H and O–H groups in total. The topological polar surface area (TPSA) is 67.2 Å². The molecule has 5 heteroatoms. The summed E-state index contributed by atoms with van der Waals surface area (Å²) in [5.74, 6) is -0.565. The fraction of sp³-hybridized carbons (Fsp3) is 0.133. The van der Waals surface area contributed by atoms with Gasteiger partial charge in [-0.3, -0.25) is 4.79 Å². The van der Waals surface area contributed by atoms with Crippen molar-refractivity contribution in [1.82, 2.24) is 5.32 Å². The quantitative estimate of drug-likeness (QED) is 0.753. The number of nitrogens with one attached hydrogen (secondary N) is 2. The molecule has 20 heavy (non-hydrogen) atoms. The van der Waals surface area contributed by atoms with Gasteiger partial charge in [0, 0.05) is 12.6 Å². The first-order valence-corrected chi connectivity index (χ1v) is 6.16. The highest BCUT2D eigenvalue weighted by Crippen LogP contribution is 2.28. The van der Waals surface area contributed by atoms with Gasteiger partial charge < -0.3 is 16.4 Å². The lowest BCUT2D eigenvalue weighted by Gasteiger charge is -2.13. The number of halogens is 1. The number of amides is 1. The van der Waals surface area contributed by atoms with Crippen LogP contribution in [0.15, 0.2) is 36.4 Å². The highest BCUT2D eigenvalue weighted by molar-refractivity contribution is 5.96. The molecule has 1 amide bonds. The summed E-state index contributed by atoms with van der Waals surface area (Å²) in [5.41, 5.74) is 8.46. The second-order valence-electron chi connectivity index (χ2n) is 4.44. The molecule has 0 saturated heterocycles. The fourth-order valence-corrected chi connectivity index (χ4v) is 1.89. The van der Waals surface area contributed by atoms with E-state index < -0.39 is 0 Å². The minimum Gasteiger partial charge on any atom is -0.397 e. The second kappa shape index (κ2) is 5.61. The number of carbonyl (C=O) groups is 1. The molecule has 0 aromatic heterocycles. The Morgan fingerprint density at radius 3 is 2.60 bits per heavy atom. The van der Waals surface area contributed by atoms with E-state index in [1.54, 1.807) is 44.3 Å². The summed E-state index contributed by atoms with van der Waals surface area (Å²) in [6.45, 7) is 1.81. The van der Waals surface area contributed by atoms with E-state index in [0.717, 1.165) is 5.56 Å². The number of benzene rings is 2. The lowest BCUT2D eigenvalue weighted by Crippen LogP contribution is -2.18. The molecule has 0 saturated carbocycles. The molecule has 2 aromatic rings. The molecule has 0 aliphatic heterocycles. The van der Waals surface area contributed by atoms with Gasteiger partial charge in [0.2, 0.25) is 0 Å². The molecule has 4 nitrogen and oxygen atoms in total. The van der Waals surface area contributed by atoms with Crippen LogP contribution in [0.1, 0.15) is 15.9 Å². The summed E-state index contributed by atoms with van der Waals surface area (Å²) >= 11 is 0. The predicted octanol–water partition coefficient (Wildman–Crippen LogP) is 2.82. The highest BCUT2D eigenvalue weighted by atomic mass is 19.1. The van der Waals surface area contributed by atoms with E-state index in [9.17, 15) is 9.18 Å². The Kier molecular flexibility index (Phi) is 3.89. The summed E-state index contributed by atoms with van der Waals surface area (Å²) in [5, 5.41) is 5.48. The normalized spacial score (nSPS) is 10.2. The van der Waals surface area contributed by atoms with Crippen LogP contribution in [0.5, 0.6) is 0 Å². The van der Waals surface area contributed by atoms with Crippen LogP contribution in [0.2, 0.25) is 0 Å². The van der Waals surface area contributed by atoms with E-state index >= 15 is 0 Å². The first-order chi connectivity index (χ1) is 9.52. The van der Waals surface area contributed by atoms with E-state index in [2.05, 4.69) is 10.6 Å². The summed E-state index contributed by atoms with van der Waals surface area (Å²) < 4.78 is 13.8. The maximum atomic E-state index is 13.8. The van der Waals surface area contributed by atoms with Crippen molar-refractivity contribution in [3.63, 3.8) is 0 Å². The number of hydrogen-bond donors (Lipinski definition) is 3. The minimum atomic E-state index is -0.347.